The van der Waals surface area contributed by atoms with Crippen molar-refractivity contribution in [1.29, 1.82) is 0 Å². The van der Waals surface area contributed by atoms with E-state index in [1.54, 1.807) is 0 Å². The normalized spacial score (nSPS) is 25.1. The van der Waals surface area contributed by atoms with Crippen LogP contribution >= 0.6 is 15.9 Å². The Labute approximate surface area is 235 Å². The lowest BCUT2D eigenvalue weighted by atomic mass is 9.75. The Hall–Kier alpha value is -1.76. The van der Waals surface area contributed by atoms with Gasteiger partial charge in [0.05, 0.1) is 22.0 Å². The lowest BCUT2D eigenvalue weighted by molar-refractivity contribution is -0.123. The van der Waals surface area contributed by atoms with Gasteiger partial charge < -0.3 is 9.31 Å². The number of hydrogen-bond acceptors (Lipinski definition) is 4. The summed E-state index contributed by atoms with van der Waals surface area (Å²) in [7, 11) is -0.347. The quantitative estimate of drug-likeness (QED) is 0.373. The molecule has 0 radical (unpaired) electrons. The molecule has 0 amide bonds. The minimum Gasteiger partial charge on any atom is -0.399 e. The zero-order valence-electron chi connectivity index (χ0n) is 23.1. The third kappa shape index (κ3) is 4.00. The molecular formula is C32H38BBrO4. The van der Waals surface area contributed by atoms with Gasteiger partial charge in [-0.05, 0) is 93.2 Å². The average Bonchev–Trinajstić information content (AvgIpc) is 3.66. The smallest absolute Gasteiger partial charge is 0.399 e. The van der Waals surface area contributed by atoms with Gasteiger partial charge >= 0.3 is 7.12 Å². The van der Waals surface area contributed by atoms with E-state index >= 15 is 0 Å². The van der Waals surface area contributed by atoms with Crippen LogP contribution in [0.3, 0.4) is 0 Å². The van der Waals surface area contributed by atoms with Crippen molar-refractivity contribution in [3.05, 3.63) is 63.1 Å². The summed E-state index contributed by atoms with van der Waals surface area (Å²) in [6.45, 7) is 8.27. The maximum atomic E-state index is 12.6. The molecule has 7 rings (SSSR count). The Morgan fingerprint density at radius 2 is 1.13 bits per heavy atom. The number of fused-ring (bicyclic) bond motifs is 4. The van der Waals surface area contributed by atoms with Gasteiger partial charge in [0.15, 0.2) is 0 Å². The summed E-state index contributed by atoms with van der Waals surface area (Å²) >= 11 is 3.47. The van der Waals surface area contributed by atoms with E-state index in [-0.39, 0.29) is 29.2 Å². The molecule has 4 aliphatic carbocycles. The van der Waals surface area contributed by atoms with Gasteiger partial charge in [-0.15, -0.1) is 0 Å². The van der Waals surface area contributed by atoms with Gasteiger partial charge in [-0.2, -0.15) is 0 Å². The van der Waals surface area contributed by atoms with Crippen LogP contribution in [0, 0.1) is 0 Å². The third-order valence-corrected chi connectivity index (χ3v) is 10.9. The molecule has 1 heterocycles. The molecule has 5 aliphatic rings. The van der Waals surface area contributed by atoms with Crippen LogP contribution in [0.5, 0.6) is 0 Å². The molecular weight excluding hydrogens is 539 g/mol. The molecule has 200 valence electrons. The van der Waals surface area contributed by atoms with Crippen molar-refractivity contribution in [1.82, 2.24) is 0 Å². The minimum atomic E-state index is -0.347. The van der Waals surface area contributed by atoms with Crippen LogP contribution < -0.4 is 5.46 Å². The van der Waals surface area contributed by atoms with Crippen LogP contribution in [-0.2, 0) is 42.6 Å². The van der Waals surface area contributed by atoms with Crippen molar-refractivity contribution in [2.45, 2.75) is 114 Å². The second-order valence-corrected chi connectivity index (χ2v) is 14.0. The number of carbonyl (C=O) groups excluding carboxylic acids is 2. The van der Waals surface area contributed by atoms with Crippen molar-refractivity contribution in [2.24, 2.45) is 0 Å². The van der Waals surface area contributed by atoms with Gasteiger partial charge in [0.2, 0.25) is 0 Å². The molecule has 1 saturated heterocycles. The van der Waals surface area contributed by atoms with Crippen LogP contribution in [0.15, 0.2) is 40.9 Å². The molecule has 38 heavy (non-hydrogen) atoms. The topological polar surface area (TPSA) is 52.6 Å². The van der Waals surface area contributed by atoms with E-state index in [1.165, 1.54) is 47.9 Å². The van der Waals surface area contributed by atoms with Gasteiger partial charge in [-0.25, -0.2) is 0 Å². The Kier molecular flexibility index (Phi) is 6.37. The summed E-state index contributed by atoms with van der Waals surface area (Å²) in [4.78, 5) is 24.8. The Bertz CT molecular complexity index is 1280. The van der Waals surface area contributed by atoms with Gasteiger partial charge in [0.1, 0.15) is 11.6 Å². The van der Waals surface area contributed by atoms with E-state index in [0.29, 0.717) is 24.4 Å². The number of carbonyl (C=O) groups is 2. The molecule has 0 aromatic heterocycles. The van der Waals surface area contributed by atoms with E-state index in [0.717, 1.165) is 35.6 Å². The van der Waals surface area contributed by atoms with Crippen LogP contribution in [0.1, 0.15) is 101 Å². The lowest BCUT2D eigenvalue weighted by Gasteiger charge is -2.32. The highest BCUT2D eigenvalue weighted by Gasteiger charge is 2.53. The highest BCUT2D eigenvalue weighted by molar-refractivity contribution is 9.10. The lowest BCUT2D eigenvalue weighted by Crippen LogP contribution is -2.41. The number of Topliss-reactive ketones (excluding diaryl/α,β-unsaturated/α-hetero) is 2. The van der Waals surface area contributed by atoms with Crippen LogP contribution in [0.25, 0.3) is 0 Å². The van der Waals surface area contributed by atoms with E-state index in [4.69, 9.17) is 9.31 Å². The molecule has 2 aromatic carbocycles. The number of benzene rings is 2. The van der Waals surface area contributed by atoms with Crippen molar-refractivity contribution >= 4 is 40.1 Å². The van der Waals surface area contributed by atoms with Crippen molar-refractivity contribution in [3.63, 3.8) is 0 Å². The minimum absolute atomic E-state index is 0.0873. The average molecular weight is 577 g/mol. The molecule has 2 saturated carbocycles. The Morgan fingerprint density at radius 3 is 1.63 bits per heavy atom. The number of hydrogen-bond donors (Lipinski definition) is 0. The molecule has 4 nitrogen and oxygen atoms in total. The predicted octanol–water partition coefficient (Wildman–Crippen LogP) is 6.31. The molecule has 1 aliphatic heterocycles. The van der Waals surface area contributed by atoms with Gasteiger partial charge in [0.25, 0.3) is 0 Å². The number of rotatable bonds is 1. The molecule has 2 aromatic rings. The highest BCUT2D eigenvalue weighted by atomic mass is 79.9. The van der Waals surface area contributed by atoms with E-state index < -0.39 is 0 Å². The largest absolute Gasteiger partial charge is 0.494 e. The first-order chi connectivity index (χ1) is 18.0. The fourth-order valence-corrected chi connectivity index (χ4v) is 7.97. The zero-order valence-corrected chi connectivity index (χ0v) is 24.7. The second-order valence-electron chi connectivity index (χ2n) is 13.1. The summed E-state index contributed by atoms with van der Waals surface area (Å²) in [6.07, 6.45) is 10.2. The first-order valence-electron chi connectivity index (χ1n) is 14.3. The first kappa shape index (κ1) is 26.5. The molecule has 6 heteroatoms. The molecule has 0 atom stereocenters. The second kappa shape index (κ2) is 9.14. The van der Waals surface area contributed by atoms with Gasteiger partial charge in [-0.3, -0.25) is 9.59 Å². The predicted molar refractivity (Wildman–Crippen MR) is 154 cm³/mol. The van der Waals surface area contributed by atoms with E-state index in [1.807, 2.05) is 0 Å². The zero-order chi connectivity index (χ0) is 26.9. The molecule has 0 bridgehead atoms. The fourth-order valence-electron chi connectivity index (χ4n) is 7.57. The number of ketones is 2. The molecule has 0 unspecified atom stereocenters. The molecule has 3 fully saturated rings. The SMILES string of the molecule is CC1(C)OB(c2ccc3c(c2)CC(=O)C32CCCC2)OC1(C)C.O=C1Cc2cc(Br)ccc2C12CCCC2. The fraction of sp³-hybridized carbons (Fsp3) is 0.562. The van der Waals surface area contributed by atoms with Crippen molar-refractivity contribution < 1.29 is 18.9 Å². The maximum Gasteiger partial charge on any atom is 0.494 e. The maximum absolute atomic E-state index is 12.6. The summed E-state index contributed by atoms with van der Waals surface area (Å²) in [5, 5.41) is 0. The van der Waals surface area contributed by atoms with Crippen molar-refractivity contribution in [2.75, 3.05) is 0 Å². The van der Waals surface area contributed by atoms with E-state index in [9.17, 15) is 9.59 Å². The summed E-state index contributed by atoms with van der Waals surface area (Å²) in [5.74, 6) is 0.865. The molecule has 2 spiro atoms. The third-order valence-electron chi connectivity index (χ3n) is 10.4. The standard InChI is InChI=1S/C19H25BO3.C13H13BrO/c1-17(2)18(3,4)23-20(22-17)14-7-8-15-13(11-14)12-16(21)19(15)9-5-6-10-19;14-10-3-4-11-9(7-10)8-12(15)13(11)5-1-2-6-13/h7-8,11H,5-6,9-10,12H2,1-4H3;3-4,7H,1-2,5-6,8H2. The van der Waals surface area contributed by atoms with Crippen LogP contribution in [0.2, 0.25) is 0 Å². The van der Waals surface area contributed by atoms with Gasteiger partial charge in [0, 0.05) is 17.3 Å². The summed E-state index contributed by atoms with van der Waals surface area (Å²) in [5.41, 5.74) is 5.11. The van der Waals surface area contributed by atoms with E-state index in [2.05, 4.69) is 80.0 Å². The number of halogens is 1. The monoisotopic (exact) mass is 576 g/mol. The summed E-state index contributed by atoms with van der Waals surface area (Å²) < 4.78 is 13.4. The first-order valence-corrected chi connectivity index (χ1v) is 15.1. The van der Waals surface area contributed by atoms with Crippen LogP contribution in [-0.4, -0.2) is 29.9 Å². The Balaban J connectivity index is 0.000000152. The highest BCUT2D eigenvalue weighted by Crippen LogP contribution is 2.49. The summed E-state index contributed by atoms with van der Waals surface area (Å²) in [6, 6.07) is 12.7. The molecule has 0 N–H and O–H groups in total. The van der Waals surface area contributed by atoms with Crippen molar-refractivity contribution in [3.8, 4) is 0 Å². The Morgan fingerprint density at radius 1 is 0.684 bits per heavy atom. The van der Waals surface area contributed by atoms with Gasteiger partial charge in [-0.1, -0.05) is 65.9 Å². The van der Waals surface area contributed by atoms with Crippen LogP contribution in [0.4, 0.5) is 0 Å².